The van der Waals surface area contributed by atoms with Gasteiger partial charge in [0.15, 0.2) is 5.60 Å². The number of phenols is 1. The second-order valence-corrected chi connectivity index (χ2v) is 11.5. The van der Waals surface area contributed by atoms with Crippen molar-refractivity contribution < 1.29 is 49.4 Å². The van der Waals surface area contributed by atoms with Crippen LogP contribution in [0, 0.1) is 5.92 Å². The summed E-state index contributed by atoms with van der Waals surface area (Å²) < 4.78 is 6.27. The van der Waals surface area contributed by atoms with Gasteiger partial charge in [-0.25, -0.2) is 4.79 Å². The number of carboxylic acids is 3. The zero-order chi connectivity index (χ0) is 31.9. The second kappa shape index (κ2) is 14.2. The van der Waals surface area contributed by atoms with E-state index in [9.17, 15) is 24.3 Å². The molecule has 4 rings (SSSR count). The molecule has 0 aromatic heterocycles. The van der Waals surface area contributed by atoms with E-state index in [-0.39, 0.29) is 23.2 Å². The van der Waals surface area contributed by atoms with Gasteiger partial charge in [-0.3, -0.25) is 14.4 Å². The van der Waals surface area contributed by atoms with Crippen LogP contribution >= 0.6 is 11.6 Å². The smallest absolute Gasteiger partial charge is 0.336 e. The number of amides is 1. The summed E-state index contributed by atoms with van der Waals surface area (Å²) in [6, 6.07) is 13.5. The summed E-state index contributed by atoms with van der Waals surface area (Å²) in [4.78, 5) is 47.4. The Morgan fingerprint density at radius 3 is 2.16 bits per heavy atom. The number of nitrogens with zero attached hydrogens (tertiary/aromatic N) is 2. The number of hydrogen-bond donors (Lipinski definition) is 5. The Bertz CT molecular complexity index is 1320. The number of aliphatic carboxylic acids is 3. The molecule has 2 aliphatic heterocycles. The average molecular weight is 621 g/mol. The minimum absolute atomic E-state index is 0.0990. The molecule has 2 aliphatic rings. The van der Waals surface area contributed by atoms with Crippen LogP contribution in [0.5, 0.6) is 5.75 Å². The third kappa shape index (κ3) is 8.66. The van der Waals surface area contributed by atoms with Crippen molar-refractivity contribution in [1.82, 2.24) is 9.80 Å². The summed E-state index contributed by atoms with van der Waals surface area (Å²) in [6.07, 6.45) is 0.139. The van der Waals surface area contributed by atoms with Gasteiger partial charge in [-0.15, -0.1) is 0 Å². The van der Waals surface area contributed by atoms with E-state index in [4.69, 9.17) is 36.8 Å². The molecule has 234 valence electrons. The Balaban J connectivity index is 0.000000331. The van der Waals surface area contributed by atoms with E-state index >= 15 is 0 Å². The Morgan fingerprint density at radius 1 is 1.02 bits per heavy atom. The fourth-order valence-corrected chi connectivity index (χ4v) is 5.73. The van der Waals surface area contributed by atoms with Gasteiger partial charge >= 0.3 is 17.9 Å². The number of hydrogen-bond acceptors (Lipinski definition) is 8. The summed E-state index contributed by atoms with van der Waals surface area (Å²) in [5, 5.41) is 43.9. The Kier molecular flexibility index (Phi) is 11.1. The van der Waals surface area contributed by atoms with E-state index in [0.29, 0.717) is 24.6 Å². The van der Waals surface area contributed by atoms with Crippen LogP contribution in [0.15, 0.2) is 42.5 Å². The Hall–Kier alpha value is -3.71. The Morgan fingerprint density at radius 2 is 1.63 bits per heavy atom. The van der Waals surface area contributed by atoms with Crippen LogP contribution in [-0.2, 0) is 42.5 Å². The lowest BCUT2D eigenvalue weighted by atomic mass is 9.83. The molecule has 0 aliphatic carbocycles. The molecule has 5 N–H and O–H groups in total. The number of halogens is 1. The number of carboxylic acid groups (broad SMARTS) is 3. The molecule has 1 unspecified atom stereocenters. The minimum Gasteiger partial charge on any atom is -0.508 e. The van der Waals surface area contributed by atoms with Crippen LogP contribution in [0.3, 0.4) is 0 Å². The van der Waals surface area contributed by atoms with Crippen LogP contribution in [-0.4, -0.2) is 98.5 Å². The second-order valence-electron chi connectivity index (χ2n) is 11.1. The number of fused-ring (bicyclic) bond motifs is 2. The van der Waals surface area contributed by atoms with Crippen molar-refractivity contribution >= 4 is 35.4 Å². The predicted octanol–water partition coefficient (Wildman–Crippen LogP) is 2.57. The lowest BCUT2D eigenvalue weighted by molar-refractivity contribution is -0.170. The highest BCUT2D eigenvalue weighted by molar-refractivity contribution is 6.31. The quantitative estimate of drug-likeness (QED) is 0.263. The number of aromatic hydroxyl groups is 1. The van der Waals surface area contributed by atoms with E-state index in [1.165, 1.54) is 17.2 Å². The molecule has 2 heterocycles. The maximum absolute atomic E-state index is 12.9. The van der Waals surface area contributed by atoms with Crippen molar-refractivity contribution in [2.45, 2.75) is 49.9 Å². The molecule has 1 saturated heterocycles. The summed E-state index contributed by atoms with van der Waals surface area (Å²) in [6.45, 7) is 3.17. The number of benzene rings is 2. The molecule has 13 heteroatoms. The maximum Gasteiger partial charge on any atom is 0.336 e. The lowest BCUT2D eigenvalue weighted by Gasteiger charge is -2.40. The van der Waals surface area contributed by atoms with Crippen molar-refractivity contribution in [2.24, 2.45) is 5.92 Å². The fourth-order valence-electron chi connectivity index (χ4n) is 5.48. The standard InChI is InChI=1S/C24H29ClN2O3.C6H8O7/c1-26(2)23(29)19(13-17-7-8-20(28)14-22(17)25)15-27-11-9-24(10-12-27)21-6-4-3-5-18(21)16-30-24;7-3(8)1-6(13,5(11)12)2-4(9)10/h3-8,14,19,28H,9-13,15-16H2,1-2H3;13H,1-2H2,(H,7,8)(H,9,10)(H,11,12). The number of phenolic OH excluding ortho intramolecular Hbond substituents is 1. The van der Waals surface area contributed by atoms with Gasteiger partial charge in [0.05, 0.1) is 31.0 Å². The van der Waals surface area contributed by atoms with Crippen LogP contribution in [0.1, 0.15) is 42.4 Å². The SMILES string of the molecule is CN(C)C(=O)C(Cc1ccc(O)cc1Cl)CN1CCC2(CC1)OCc1ccccc12.O=C(O)CC(O)(CC(=O)O)C(=O)O. The molecule has 2 aromatic carbocycles. The van der Waals surface area contributed by atoms with Gasteiger partial charge < -0.3 is 40.1 Å². The van der Waals surface area contributed by atoms with Gasteiger partial charge in [-0.1, -0.05) is 41.9 Å². The topological polar surface area (TPSA) is 185 Å². The van der Waals surface area contributed by atoms with Crippen molar-refractivity contribution in [3.8, 4) is 5.75 Å². The van der Waals surface area contributed by atoms with E-state index in [0.717, 1.165) is 31.5 Å². The molecule has 1 spiro atoms. The molecule has 0 radical (unpaired) electrons. The number of piperidine rings is 1. The van der Waals surface area contributed by atoms with E-state index in [1.54, 1.807) is 25.1 Å². The van der Waals surface area contributed by atoms with Gasteiger partial charge in [0.25, 0.3) is 0 Å². The number of rotatable bonds is 10. The highest BCUT2D eigenvalue weighted by atomic mass is 35.5. The molecular weight excluding hydrogens is 584 g/mol. The van der Waals surface area contributed by atoms with Gasteiger partial charge in [0, 0.05) is 38.8 Å². The first kappa shape index (κ1) is 33.8. The van der Waals surface area contributed by atoms with Crippen LogP contribution in [0.25, 0.3) is 0 Å². The van der Waals surface area contributed by atoms with Crippen LogP contribution < -0.4 is 0 Å². The number of carbonyl (C=O) groups excluding carboxylic acids is 1. The molecule has 0 bridgehead atoms. The Labute approximate surface area is 254 Å². The molecule has 43 heavy (non-hydrogen) atoms. The largest absolute Gasteiger partial charge is 0.508 e. The molecule has 0 saturated carbocycles. The zero-order valence-corrected chi connectivity index (χ0v) is 24.8. The van der Waals surface area contributed by atoms with Crippen molar-refractivity contribution in [2.75, 3.05) is 33.7 Å². The van der Waals surface area contributed by atoms with Gasteiger partial charge in [-0.2, -0.15) is 0 Å². The first-order chi connectivity index (χ1) is 20.2. The third-order valence-electron chi connectivity index (χ3n) is 7.73. The van der Waals surface area contributed by atoms with Gasteiger partial charge in [0.2, 0.25) is 5.91 Å². The number of ether oxygens (including phenoxy) is 1. The molecule has 2 aromatic rings. The minimum atomic E-state index is -2.74. The average Bonchev–Trinajstić information content (AvgIpc) is 3.28. The third-order valence-corrected chi connectivity index (χ3v) is 8.08. The number of carbonyl (C=O) groups is 4. The molecule has 1 fully saturated rings. The highest BCUT2D eigenvalue weighted by Crippen LogP contribution is 2.44. The van der Waals surface area contributed by atoms with Crippen molar-refractivity contribution in [3.63, 3.8) is 0 Å². The van der Waals surface area contributed by atoms with E-state index < -0.39 is 36.4 Å². The van der Waals surface area contributed by atoms with Crippen LogP contribution in [0.2, 0.25) is 5.02 Å². The number of likely N-dealkylation sites (tertiary alicyclic amines) is 1. The summed E-state index contributed by atoms with van der Waals surface area (Å²) >= 11 is 6.32. The predicted molar refractivity (Wildman–Crippen MR) is 155 cm³/mol. The zero-order valence-electron chi connectivity index (χ0n) is 24.0. The van der Waals surface area contributed by atoms with Crippen molar-refractivity contribution in [3.05, 3.63) is 64.2 Å². The van der Waals surface area contributed by atoms with Gasteiger partial charge in [-0.05, 0) is 48.1 Å². The van der Waals surface area contributed by atoms with E-state index in [2.05, 4.69) is 29.2 Å². The normalized spacial score (nSPS) is 16.5. The first-order valence-electron chi connectivity index (χ1n) is 13.7. The monoisotopic (exact) mass is 620 g/mol. The molecule has 12 nitrogen and oxygen atoms in total. The lowest BCUT2D eigenvalue weighted by Crippen LogP contribution is -2.46. The summed E-state index contributed by atoms with van der Waals surface area (Å²) in [7, 11) is 3.59. The molecule has 1 amide bonds. The summed E-state index contributed by atoms with van der Waals surface area (Å²) in [5.41, 5.74) is 0.609. The number of aliphatic hydroxyl groups is 1. The molecular formula is C30H37ClN2O10. The molecule has 1 atom stereocenters. The first-order valence-corrected chi connectivity index (χ1v) is 14.1. The van der Waals surface area contributed by atoms with Gasteiger partial charge in [0.1, 0.15) is 5.75 Å². The fraction of sp³-hybridized carbons (Fsp3) is 0.467. The summed E-state index contributed by atoms with van der Waals surface area (Å²) in [5.74, 6) is -4.97. The highest BCUT2D eigenvalue weighted by Gasteiger charge is 2.43. The maximum atomic E-state index is 12.9. The van der Waals surface area contributed by atoms with E-state index in [1.807, 2.05) is 6.07 Å². The van der Waals surface area contributed by atoms with Crippen LogP contribution in [0.4, 0.5) is 0 Å². The van der Waals surface area contributed by atoms with Crippen molar-refractivity contribution in [1.29, 1.82) is 0 Å².